The first-order chi connectivity index (χ1) is 13.4. The summed E-state index contributed by atoms with van der Waals surface area (Å²) in [7, 11) is -2.91. The van der Waals surface area contributed by atoms with Crippen molar-refractivity contribution in [2.45, 2.75) is 65.9 Å². The molecule has 1 amide bonds. The average Bonchev–Trinajstić information content (AvgIpc) is 2.70. The standard InChI is InChI=1S/C17H39NO7SSi2/c1-8-11-13-16(4)25-28(22-7,24-10-3)18(17(19)14-12-15-26)27(20-5,21-6)23-9-2/h16,26H,8-15H2,1-7H3/t16-,28?/m1/s1. The van der Waals surface area contributed by atoms with E-state index in [9.17, 15) is 4.79 Å². The lowest BCUT2D eigenvalue weighted by Crippen LogP contribution is -2.76. The van der Waals surface area contributed by atoms with Gasteiger partial charge < -0.3 is 26.6 Å². The molecule has 1 unspecified atom stereocenters. The Morgan fingerprint density at radius 2 is 1.50 bits per heavy atom. The smallest absolute Gasteiger partial charge is 0.360 e. The van der Waals surface area contributed by atoms with Crippen molar-refractivity contribution in [2.75, 3.05) is 40.3 Å². The monoisotopic (exact) mass is 457 g/mol. The van der Waals surface area contributed by atoms with Crippen molar-refractivity contribution in [3.8, 4) is 0 Å². The van der Waals surface area contributed by atoms with Gasteiger partial charge in [0.25, 0.3) is 0 Å². The second-order valence-electron chi connectivity index (χ2n) is 6.15. The Morgan fingerprint density at radius 1 is 0.964 bits per heavy atom. The molecule has 0 saturated carbocycles. The van der Waals surface area contributed by atoms with E-state index in [1.807, 2.05) is 20.8 Å². The van der Waals surface area contributed by atoms with Crippen molar-refractivity contribution in [3.63, 3.8) is 0 Å². The van der Waals surface area contributed by atoms with Crippen molar-refractivity contribution in [1.29, 1.82) is 0 Å². The summed E-state index contributed by atoms with van der Waals surface area (Å²) < 4.78 is 36.8. The van der Waals surface area contributed by atoms with Gasteiger partial charge in [-0.2, -0.15) is 12.6 Å². The first-order valence-electron chi connectivity index (χ1n) is 9.91. The number of carbonyl (C=O) groups excluding carboxylic acids is 1. The summed E-state index contributed by atoms with van der Waals surface area (Å²) in [4.78, 5) is 13.3. The summed E-state index contributed by atoms with van der Waals surface area (Å²) in [5.74, 6) is 0.328. The Hall–Kier alpha value is 0.0138. The minimum atomic E-state index is -3.69. The van der Waals surface area contributed by atoms with Crippen LogP contribution in [0.3, 0.4) is 0 Å². The van der Waals surface area contributed by atoms with E-state index in [4.69, 9.17) is 26.6 Å². The zero-order chi connectivity index (χ0) is 21.6. The normalized spacial score (nSPS) is 15.3. The minimum absolute atomic E-state index is 0.166. The molecule has 0 aromatic carbocycles. The summed E-state index contributed by atoms with van der Waals surface area (Å²) in [5.41, 5.74) is 0. The predicted octanol–water partition coefficient (Wildman–Crippen LogP) is 3.00. The number of amides is 1. The van der Waals surface area contributed by atoms with E-state index in [0.717, 1.165) is 19.3 Å². The van der Waals surface area contributed by atoms with Gasteiger partial charge in [0.15, 0.2) is 0 Å². The van der Waals surface area contributed by atoms with Gasteiger partial charge in [-0.05, 0) is 39.4 Å². The molecule has 0 rings (SSSR count). The molecule has 0 aliphatic carbocycles. The van der Waals surface area contributed by atoms with E-state index < -0.39 is 17.9 Å². The molecular formula is C17H39NO7SSi2. The number of unbranched alkanes of at least 4 members (excludes halogenated alkanes) is 1. The van der Waals surface area contributed by atoms with Crippen LogP contribution in [0.1, 0.15) is 59.8 Å². The fourth-order valence-electron chi connectivity index (χ4n) is 2.78. The third kappa shape index (κ3) is 7.69. The quantitative estimate of drug-likeness (QED) is 0.266. The Labute approximate surface area is 178 Å². The largest absolute Gasteiger partial charge is 0.632 e. The number of carbonyl (C=O) groups is 1. The van der Waals surface area contributed by atoms with Crippen LogP contribution in [0.2, 0.25) is 0 Å². The van der Waals surface area contributed by atoms with E-state index in [2.05, 4.69) is 19.6 Å². The van der Waals surface area contributed by atoms with Crippen LogP contribution < -0.4 is 0 Å². The van der Waals surface area contributed by atoms with E-state index in [0.29, 0.717) is 25.4 Å². The molecule has 0 aliphatic rings. The lowest BCUT2D eigenvalue weighted by molar-refractivity contribution is -0.132. The number of rotatable bonds is 17. The molecule has 0 fully saturated rings. The maximum Gasteiger partial charge on any atom is 0.632 e. The molecule has 0 aromatic rings. The van der Waals surface area contributed by atoms with Crippen molar-refractivity contribution in [2.24, 2.45) is 0 Å². The Balaban J connectivity index is 6.22. The van der Waals surface area contributed by atoms with Gasteiger partial charge >= 0.3 is 17.9 Å². The third-order valence-electron chi connectivity index (χ3n) is 4.09. The first-order valence-corrected chi connectivity index (χ1v) is 13.9. The molecule has 0 heterocycles. The number of thiol groups is 1. The molecule has 0 spiro atoms. The van der Waals surface area contributed by atoms with Crippen LogP contribution in [0.25, 0.3) is 0 Å². The predicted molar refractivity (Wildman–Crippen MR) is 116 cm³/mol. The van der Waals surface area contributed by atoms with Gasteiger partial charge in [-0.25, -0.2) is 0 Å². The van der Waals surface area contributed by atoms with Crippen LogP contribution in [0.4, 0.5) is 0 Å². The van der Waals surface area contributed by atoms with Crippen molar-refractivity contribution in [1.82, 2.24) is 4.23 Å². The van der Waals surface area contributed by atoms with Crippen LogP contribution >= 0.6 is 12.6 Å². The zero-order valence-corrected chi connectivity index (χ0v) is 21.4. The lowest BCUT2D eigenvalue weighted by atomic mass is 10.2. The minimum Gasteiger partial charge on any atom is -0.360 e. The molecular weight excluding hydrogens is 418 g/mol. The van der Waals surface area contributed by atoms with Crippen LogP contribution in [-0.4, -0.2) is 74.5 Å². The number of nitrogens with zero attached hydrogens (tertiary/aromatic N) is 1. The molecule has 0 aromatic heterocycles. The van der Waals surface area contributed by atoms with Gasteiger partial charge in [0.1, 0.15) is 0 Å². The van der Waals surface area contributed by atoms with Gasteiger partial charge in [0.05, 0.1) is 0 Å². The summed E-state index contributed by atoms with van der Waals surface area (Å²) >= 11 is 4.22. The highest BCUT2D eigenvalue weighted by molar-refractivity contribution is 7.80. The maximum atomic E-state index is 13.3. The van der Waals surface area contributed by atoms with Crippen LogP contribution in [-0.2, 0) is 31.4 Å². The van der Waals surface area contributed by atoms with Crippen LogP contribution in [0.5, 0.6) is 0 Å². The van der Waals surface area contributed by atoms with Crippen molar-refractivity contribution >= 4 is 36.5 Å². The van der Waals surface area contributed by atoms with Gasteiger partial charge in [-0.1, -0.05) is 19.8 Å². The molecule has 2 atom stereocenters. The molecule has 168 valence electrons. The summed E-state index contributed by atoms with van der Waals surface area (Å²) in [6, 6.07) is 0. The van der Waals surface area contributed by atoms with Crippen LogP contribution in [0.15, 0.2) is 0 Å². The second kappa shape index (κ2) is 14.9. The molecule has 0 N–H and O–H groups in total. The van der Waals surface area contributed by atoms with E-state index in [1.54, 1.807) is 0 Å². The Bertz CT molecular complexity index is 432. The molecule has 0 radical (unpaired) electrons. The third-order valence-corrected chi connectivity index (χ3v) is 11.2. The summed E-state index contributed by atoms with van der Waals surface area (Å²) in [6.07, 6.45) is 3.52. The fraction of sp³-hybridized carbons (Fsp3) is 0.941. The van der Waals surface area contributed by atoms with E-state index >= 15 is 0 Å². The van der Waals surface area contributed by atoms with E-state index in [1.165, 1.54) is 25.6 Å². The topological polar surface area (TPSA) is 75.7 Å². The molecule has 0 bridgehead atoms. The molecule has 0 saturated heterocycles. The maximum absolute atomic E-state index is 13.3. The summed E-state index contributed by atoms with van der Waals surface area (Å²) in [6.45, 7) is 8.33. The molecule has 8 nitrogen and oxygen atoms in total. The Morgan fingerprint density at radius 3 is 1.93 bits per heavy atom. The first kappa shape index (κ1) is 28.0. The SMILES string of the molecule is CCCC[C@@H](C)O[Si](OC)(OCC)N(C(=O)CCCS)[Si](OC)(OC)OCC. The molecule has 11 heteroatoms. The zero-order valence-electron chi connectivity index (χ0n) is 18.5. The van der Waals surface area contributed by atoms with Crippen molar-refractivity contribution < 1.29 is 31.4 Å². The van der Waals surface area contributed by atoms with Gasteiger partial charge in [0, 0.05) is 47.1 Å². The molecule has 28 heavy (non-hydrogen) atoms. The number of hydrogen-bond acceptors (Lipinski definition) is 8. The average molecular weight is 458 g/mol. The lowest BCUT2D eigenvalue weighted by Gasteiger charge is -2.44. The van der Waals surface area contributed by atoms with Crippen LogP contribution in [0, 0.1) is 0 Å². The fourth-order valence-corrected chi connectivity index (χ4v) is 9.44. The molecule has 0 aliphatic heterocycles. The second-order valence-corrected chi connectivity index (χ2v) is 12.1. The van der Waals surface area contributed by atoms with Gasteiger partial charge in [-0.3, -0.25) is 9.03 Å². The highest BCUT2D eigenvalue weighted by Gasteiger charge is 2.66. The van der Waals surface area contributed by atoms with Crippen molar-refractivity contribution in [3.05, 3.63) is 0 Å². The Kier molecular flexibility index (Phi) is 14.9. The highest BCUT2D eigenvalue weighted by Crippen LogP contribution is 2.28. The van der Waals surface area contributed by atoms with Gasteiger partial charge in [-0.15, -0.1) is 0 Å². The van der Waals surface area contributed by atoms with E-state index in [-0.39, 0.29) is 18.4 Å². The summed E-state index contributed by atoms with van der Waals surface area (Å²) in [5, 5.41) is 0. The number of hydrogen-bond donors (Lipinski definition) is 1. The highest BCUT2D eigenvalue weighted by atomic mass is 32.1. The van der Waals surface area contributed by atoms with Gasteiger partial charge in [0.2, 0.25) is 5.91 Å².